The Morgan fingerprint density at radius 3 is 2.03 bits per heavy atom. The van der Waals surface area contributed by atoms with Crippen LogP contribution in [0.5, 0.6) is 0 Å². The van der Waals surface area contributed by atoms with E-state index in [4.69, 9.17) is 0 Å². The van der Waals surface area contributed by atoms with Gasteiger partial charge in [0.1, 0.15) is 0 Å². The van der Waals surface area contributed by atoms with Crippen molar-refractivity contribution in [2.75, 3.05) is 11.9 Å². The summed E-state index contributed by atoms with van der Waals surface area (Å²) in [6.45, 7) is 7.94. The van der Waals surface area contributed by atoms with Crippen LogP contribution in [-0.4, -0.2) is 6.54 Å². The molecule has 0 bridgehead atoms. The third-order valence-corrected chi connectivity index (χ3v) is 7.21. The van der Waals surface area contributed by atoms with Crippen molar-refractivity contribution in [1.29, 1.82) is 0 Å². The number of hydrogen-bond acceptors (Lipinski definition) is 1. The Morgan fingerprint density at radius 2 is 1.38 bits per heavy atom. The second kappa shape index (κ2) is 14.9. The van der Waals surface area contributed by atoms with Gasteiger partial charge in [-0.3, -0.25) is 0 Å². The molecule has 1 aromatic carbocycles. The monoisotopic (exact) mass is 399 g/mol. The van der Waals surface area contributed by atoms with Gasteiger partial charge in [-0.2, -0.15) is 0 Å². The Morgan fingerprint density at radius 1 is 0.759 bits per heavy atom. The van der Waals surface area contributed by atoms with Gasteiger partial charge in [0.2, 0.25) is 0 Å². The molecule has 0 amide bonds. The summed E-state index contributed by atoms with van der Waals surface area (Å²) in [5.41, 5.74) is 4.33. The van der Waals surface area contributed by atoms with Crippen molar-refractivity contribution in [2.45, 2.75) is 124 Å². The van der Waals surface area contributed by atoms with E-state index in [1.807, 2.05) is 0 Å². The summed E-state index contributed by atoms with van der Waals surface area (Å²) in [6.07, 6.45) is 22.8. The molecule has 1 aliphatic rings. The van der Waals surface area contributed by atoms with E-state index in [1.54, 1.807) is 5.56 Å². The molecule has 0 atom stereocenters. The minimum absolute atomic E-state index is 0.974. The predicted octanol–water partition coefficient (Wildman–Crippen LogP) is 9.09. The molecule has 0 spiro atoms. The van der Waals surface area contributed by atoms with Crippen LogP contribution in [0.25, 0.3) is 0 Å². The van der Waals surface area contributed by atoms with E-state index >= 15 is 0 Å². The van der Waals surface area contributed by atoms with E-state index in [0.717, 1.165) is 18.4 Å². The van der Waals surface area contributed by atoms with Crippen molar-refractivity contribution < 1.29 is 0 Å². The minimum Gasteiger partial charge on any atom is -0.385 e. The van der Waals surface area contributed by atoms with E-state index in [-0.39, 0.29) is 0 Å². The van der Waals surface area contributed by atoms with Crippen molar-refractivity contribution in [3.05, 3.63) is 29.3 Å². The Labute approximate surface area is 182 Å². The molecule has 2 rings (SSSR count). The lowest BCUT2D eigenvalue weighted by atomic mass is 9.77. The van der Waals surface area contributed by atoms with Gasteiger partial charge in [0.15, 0.2) is 0 Å². The molecule has 1 N–H and O–H groups in total. The highest BCUT2D eigenvalue weighted by Crippen LogP contribution is 2.34. The van der Waals surface area contributed by atoms with E-state index in [0.29, 0.717) is 0 Å². The number of benzene rings is 1. The fourth-order valence-corrected chi connectivity index (χ4v) is 5.05. The highest BCUT2D eigenvalue weighted by Gasteiger charge is 2.20. The lowest BCUT2D eigenvalue weighted by Gasteiger charge is -2.28. The van der Waals surface area contributed by atoms with Gasteiger partial charge in [-0.25, -0.2) is 0 Å². The first kappa shape index (κ1) is 24.3. The largest absolute Gasteiger partial charge is 0.385 e. The van der Waals surface area contributed by atoms with Crippen LogP contribution in [0.3, 0.4) is 0 Å². The van der Waals surface area contributed by atoms with Crippen LogP contribution in [0.15, 0.2) is 18.2 Å². The third kappa shape index (κ3) is 10.1. The van der Waals surface area contributed by atoms with Gasteiger partial charge in [-0.05, 0) is 61.3 Å². The van der Waals surface area contributed by atoms with Crippen LogP contribution in [-0.2, 0) is 6.42 Å². The van der Waals surface area contributed by atoms with Crippen LogP contribution in [0.1, 0.15) is 121 Å². The lowest BCUT2D eigenvalue weighted by molar-refractivity contribution is 0.248. The fourth-order valence-electron chi connectivity index (χ4n) is 5.05. The van der Waals surface area contributed by atoms with Crippen LogP contribution in [0.4, 0.5) is 5.69 Å². The zero-order valence-corrected chi connectivity index (χ0v) is 19.9. The summed E-state index contributed by atoms with van der Waals surface area (Å²) < 4.78 is 0. The summed E-state index contributed by atoms with van der Waals surface area (Å²) in [7, 11) is 0. The van der Waals surface area contributed by atoms with Gasteiger partial charge in [0, 0.05) is 12.2 Å². The van der Waals surface area contributed by atoms with Crippen LogP contribution in [0, 0.1) is 18.8 Å². The second-order valence-corrected chi connectivity index (χ2v) is 9.76. The highest BCUT2D eigenvalue weighted by molar-refractivity contribution is 5.48. The SMILES string of the molecule is CCCCCCCCCC1CCC(CCc2ccc(NCCCC)cc2C)CC1. The number of rotatable bonds is 15. The standard InChI is InChI=1S/C28H49N/c1-4-6-8-9-10-11-12-13-25-14-16-26(17-15-25)18-19-27-20-21-28(23-24(27)3)29-22-7-5-2/h20-21,23,25-26,29H,4-19,22H2,1-3H3. The van der Waals surface area contributed by atoms with Gasteiger partial charge in [-0.1, -0.05) is 103 Å². The molecular weight excluding hydrogens is 350 g/mol. The number of nitrogens with one attached hydrogen (secondary N) is 1. The third-order valence-electron chi connectivity index (χ3n) is 7.21. The molecule has 0 radical (unpaired) electrons. The molecule has 1 aromatic rings. The van der Waals surface area contributed by atoms with Crippen LogP contribution in [0.2, 0.25) is 0 Å². The Hall–Kier alpha value is -0.980. The molecule has 0 unspecified atom stereocenters. The molecule has 1 heteroatoms. The molecule has 0 saturated heterocycles. The van der Waals surface area contributed by atoms with Crippen molar-refractivity contribution >= 4 is 5.69 Å². The van der Waals surface area contributed by atoms with E-state index in [1.165, 1.54) is 114 Å². The van der Waals surface area contributed by atoms with Crippen molar-refractivity contribution in [3.8, 4) is 0 Å². The molecule has 1 nitrogen and oxygen atoms in total. The van der Waals surface area contributed by atoms with E-state index in [9.17, 15) is 0 Å². The summed E-state index contributed by atoms with van der Waals surface area (Å²) >= 11 is 0. The van der Waals surface area contributed by atoms with Gasteiger partial charge < -0.3 is 5.32 Å². The molecule has 0 aliphatic heterocycles. The normalized spacial score (nSPS) is 19.4. The Balaban J connectivity index is 1.57. The topological polar surface area (TPSA) is 12.0 Å². The van der Waals surface area contributed by atoms with Gasteiger partial charge in [0.25, 0.3) is 0 Å². The first-order valence-electron chi connectivity index (χ1n) is 13.1. The quantitative estimate of drug-likeness (QED) is 0.290. The Bertz CT molecular complexity index is 527. The summed E-state index contributed by atoms with van der Waals surface area (Å²) in [4.78, 5) is 0. The zero-order valence-electron chi connectivity index (χ0n) is 19.9. The maximum absolute atomic E-state index is 3.56. The summed E-state index contributed by atoms with van der Waals surface area (Å²) in [5.74, 6) is 2.01. The van der Waals surface area contributed by atoms with E-state index in [2.05, 4.69) is 44.3 Å². The maximum atomic E-state index is 3.56. The smallest absolute Gasteiger partial charge is 0.0343 e. The molecule has 1 aliphatic carbocycles. The van der Waals surface area contributed by atoms with Crippen LogP contribution < -0.4 is 5.32 Å². The number of anilines is 1. The molecule has 0 aromatic heterocycles. The molecular formula is C28H49N. The van der Waals surface area contributed by atoms with Gasteiger partial charge >= 0.3 is 0 Å². The van der Waals surface area contributed by atoms with Crippen molar-refractivity contribution in [1.82, 2.24) is 0 Å². The average Bonchev–Trinajstić information content (AvgIpc) is 2.73. The molecule has 1 saturated carbocycles. The zero-order chi connectivity index (χ0) is 20.7. The molecule has 29 heavy (non-hydrogen) atoms. The molecule has 1 fully saturated rings. The van der Waals surface area contributed by atoms with Gasteiger partial charge in [0.05, 0.1) is 0 Å². The minimum atomic E-state index is 0.974. The molecule has 0 heterocycles. The highest BCUT2D eigenvalue weighted by atomic mass is 14.9. The van der Waals surface area contributed by atoms with E-state index < -0.39 is 0 Å². The fraction of sp³-hybridized carbons (Fsp3) is 0.786. The first-order chi connectivity index (χ1) is 14.2. The van der Waals surface area contributed by atoms with Crippen molar-refractivity contribution in [3.63, 3.8) is 0 Å². The summed E-state index contributed by atoms with van der Waals surface area (Å²) in [5, 5.41) is 3.56. The summed E-state index contributed by atoms with van der Waals surface area (Å²) in [6, 6.07) is 7.01. The maximum Gasteiger partial charge on any atom is 0.0343 e. The second-order valence-electron chi connectivity index (χ2n) is 9.76. The number of aryl methyl sites for hydroxylation is 2. The van der Waals surface area contributed by atoms with Crippen LogP contribution >= 0.6 is 0 Å². The Kier molecular flexibility index (Phi) is 12.5. The van der Waals surface area contributed by atoms with Crippen molar-refractivity contribution in [2.24, 2.45) is 11.8 Å². The number of unbranched alkanes of at least 4 members (excludes halogenated alkanes) is 7. The number of hydrogen-bond donors (Lipinski definition) is 1. The lowest BCUT2D eigenvalue weighted by Crippen LogP contribution is -2.15. The predicted molar refractivity (Wildman–Crippen MR) is 131 cm³/mol. The first-order valence-corrected chi connectivity index (χ1v) is 13.1. The van der Waals surface area contributed by atoms with Gasteiger partial charge in [-0.15, -0.1) is 0 Å². The average molecular weight is 400 g/mol. The molecule has 166 valence electrons.